The van der Waals surface area contributed by atoms with Gasteiger partial charge in [-0.2, -0.15) is 0 Å². The largest absolute Gasteiger partial charge is 0.496 e. The zero-order valence-electron chi connectivity index (χ0n) is 15.9. The molecule has 0 bridgehead atoms. The smallest absolute Gasteiger partial charge is 0.399 e. The SMILES string of the molecule is CC1(O)CC(n2c(=O)ccc3cc(B4OC(C)(C)C(C)(C)O4)cnc32)C1. The summed E-state index contributed by atoms with van der Waals surface area (Å²) in [6.45, 7) is 9.86. The fourth-order valence-corrected chi connectivity index (χ4v) is 3.76. The summed E-state index contributed by atoms with van der Waals surface area (Å²) >= 11 is 0. The molecule has 1 saturated heterocycles. The number of rotatable bonds is 2. The molecule has 1 saturated carbocycles. The van der Waals surface area contributed by atoms with E-state index in [2.05, 4.69) is 4.98 Å². The van der Waals surface area contributed by atoms with Crippen molar-refractivity contribution in [3.05, 3.63) is 34.7 Å². The van der Waals surface area contributed by atoms with Crippen molar-refractivity contribution in [1.82, 2.24) is 9.55 Å². The van der Waals surface area contributed by atoms with Gasteiger partial charge >= 0.3 is 7.12 Å². The molecular weight excluding hydrogens is 331 g/mol. The highest BCUT2D eigenvalue weighted by molar-refractivity contribution is 6.62. The van der Waals surface area contributed by atoms with Crippen molar-refractivity contribution in [3.8, 4) is 0 Å². The van der Waals surface area contributed by atoms with Crippen molar-refractivity contribution < 1.29 is 14.4 Å². The molecule has 4 rings (SSSR count). The van der Waals surface area contributed by atoms with Crippen LogP contribution < -0.4 is 11.0 Å². The molecule has 7 heteroatoms. The highest BCUT2D eigenvalue weighted by atomic mass is 16.7. The molecule has 3 heterocycles. The lowest BCUT2D eigenvalue weighted by molar-refractivity contribution is -0.0507. The average Bonchev–Trinajstić information content (AvgIpc) is 2.72. The van der Waals surface area contributed by atoms with Gasteiger partial charge in [-0.25, -0.2) is 4.98 Å². The molecule has 6 nitrogen and oxygen atoms in total. The van der Waals surface area contributed by atoms with Gasteiger partial charge in [0.2, 0.25) is 0 Å². The first-order valence-electron chi connectivity index (χ1n) is 9.08. The minimum absolute atomic E-state index is 0.0172. The van der Waals surface area contributed by atoms with E-state index in [0.717, 1.165) is 10.8 Å². The Bertz CT molecular complexity index is 911. The van der Waals surface area contributed by atoms with E-state index in [-0.39, 0.29) is 11.6 Å². The van der Waals surface area contributed by atoms with Crippen LogP contribution in [0.15, 0.2) is 29.2 Å². The Kier molecular flexibility index (Phi) is 3.68. The number of hydrogen-bond acceptors (Lipinski definition) is 5. The standard InChI is InChI=1S/C19H25BN2O4/c1-17(2)18(3,4)26-20(25-17)13-8-12-6-7-15(23)22(16(12)21-11-13)14-9-19(5,24)10-14/h6-8,11,14,24H,9-10H2,1-5H3. The van der Waals surface area contributed by atoms with Gasteiger partial charge in [0.25, 0.3) is 5.56 Å². The van der Waals surface area contributed by atoms with Gasteiger partial charge in [-0.05, 0) is 59.6 Å². The highest BCUT2D eigenvalue weighted by Gasteiger charge is 2.52. The fourth-order valence-electron chi connectivity index (χ4n) is 3.76. The van der Waals surface area contributed by atoms with Crippen LogP contribution in [0, 0.1) is 0 Å². The van der Waals surface area contributed by atoms with E-state index in [1.54, 1.807) is 29.8 Å². The predicted octanol–water partition coefficient (Wildman–Crippen LogP) is 1.78. The normalized spacial score (nSPS) is 29.8. The number of fused-ring (bicyclic) bond motifs is 1. The second-order valence-corrected chi connectivity index (χ2v) is 8.87. The Labute approximate surface area is 153 Å². The molecule has 1 N–H and O–H groups in total. The maximum atomic E-state index is 12.4. The maximum Gasteiger partial charge on any atom is 0.496 e. The van der Waals surface area contributed by atoms with Gasteiger partial charge in [0, 0.05) is 29.2 Å². The van der Waals surface area contributed by atoms with Crippen LogP contribution in [0.2, 0.25) is 0 Å². The van der Waals surface area contributed by atoms with Gasteiger partial charge in [0.05, 0.1) is 16.8 Å². The number of aromatic nitrogens is 2. The topological polar surface area (TPSA) is 73.6 Å². The molecule has 0 unspecified atom stereocenters. The summed E-state index contributed by atoms with van der Waals surface area (Å²) in [5.74, 6) is 0. The summed E-state index contributed by atoms with van der Waals surface area (Å²) in [5, 5.41) is 10.9. The number of nitrogens with zero attached hydrogens (tertiary/aromatic N) is 2. The van der Waals surface area contributed by atoms with Crippen LogP contribution in [0.4, 0.5) is 0 Å². The van der Waals surface area contributed by atoms with Gasteiger partial charge in [-0.1, -0.05) is 0 Å². The van der Waals surface area contributed by atoms with Gasteiger partial charge < -0.3 is 14.4 Å². The van der Waals surface area contributed by atoms with Crippen molar-refractivity contribution in [2.75, 3.05) is 0 Å². The average molecular weight is 356 g/mol. The lowest BCUT2D eigenvalue weighted by atomic mass is 9.77. The highest BCUT2D eigenvalue weighted by Crippen LogP contribution is 2.41. The first-order valence-corrected chi connectivity index (χ1v) is 9.08. The van der Waals surface area contributed by atoms with Crippen LogP contribution in [0.5, 0.6) is 0 Å². The molecule has 0 radical (unpaired) electrons. The Balaban J connectivity index is 1.72. The molecule has 0 aromatic carbocycles. The molecule has 26 heavy (non-hydrogen) atoms. The molecule has 138 valence electrons. The molecule has 1 aliphatic carbocycles. The first-order chi connectivity index (χ1) is 12.0. The van der Waals surface area contributed by atoms with E-state index >= 15 is 0 Å². The van der Waals surface area contributed by atoms with Crippen LogP contribution in [0.25, 0.3) is 11.0 Å². The van der Waals surface area contributed by atoms with E-state index in [0.29, 0.717) is 18.5 Å². The molecule has 2 aromatic heterocycles. The van der Waals surface area contributed by atoms with E-state index in [1.165, 1.54) is 0 Å². The van der Waals surface area contributed by atoms with Crippen LogP contribution in [-0.4, -0.2) is 38.6 Å². The Morgan fingerprint density at radius 3 is 2.35 bits per heavy atom. The van der Waals surface area contributed by atoms with E-state index in [1.807, 2.05) is 33.8 Å². The quantitative estimate of drug-likeness (QED) is 0.831. The van der Waals surface area contributed by atoms with Crippen molar-refractivity contribution in [1.29, 1.82) is 0 Å². The third kappa shape index (κ3) is 2.69. The van der Waals surface area contributed by atoms with Crippen molar-refractivity contribution in [2.45, 2.75) is 70.3 Å². The summed E-state index contributed by atoms with van der Waals surface area (Å²) in [6.07, 6.45) is 2.84. The molecule has 2 aliphatic rings. The van der Waals surface area contributed by atoms with E-state index in [9.17, 15) is 9.90 Å². The molecule has 2 aromatic rings. The van der Waals surface area contributed by atoms with Crippen molar-refractivity contribution in [2.24, 2.45) is 0 Å². The summed E-state index contributed by atoms with van der Waals surface area (Å²) in [7, 11) is -0.485. The zero-order valence-corrected chi connectivity index (χ0v) is 15.9. The summed E-state index contributed by atoms with van der Waals surface area (Å²) in [4.78, 5) is 16.9. The zero-order chi connectivity index (χ0) is 18.9. The summed E-state index contributed by atoms with van der Waals surface area (Å²) < 4.78 is 13.9. The maximum absolute atomic E-state index is 12.4. The number of pyridine rings is 2. The molecule has 0 amide bonds. The van der Waals surface area contributed by atoms with Gasteiger partial charge in [0.1, 0.15) is 5.65 Å². The molecule has 0 atom stereocenters. The van der Waals surface area contributed by atoms with Crippen molar-refractivity contribution >= 4 is 23.6 Å². The summed E-state index contributed by atoms with van der Waals surface area (Å²) in [6, 6.07) is 5.30. The van der Waals surface area contributed by atoms with Gasteiger partial charge in [-0.3, -0.25) is 9.36 Å². The van der Waals surface area contributed by atoms with Crippen LogP contribution in [0.3, 0.4) is 0 Å². The third-order valence-electron chi connectivity index (χ3n) is 6.03. The van der Waals surface area contributed by atoms with Crippen LogP contribution >= 0.6 is 0 Å². The fraction of sp³-hybridized carbons (Fsp3) is 0.579. The molecule has 0 spiro atoms. The van der Waals surface area contributed by atoms with Crippen molar-refractivity contribution in [3.63, 3.8) is 0 Å². The minimum Gasteiger partial charge on any atom is -0.399 e. The number of hydrogen-bond donors (Lipinski definition) is 1. The van der Waals surface area contributed by atoms with Gasteiger partial charge in [0.15, 0.2) is 0 Å². The Morgan fingerprint density at radius 2 is 1.77 bits per heavy atom. The van der Waals surface area contributed by atoms with E-state index in [4.69, 9.17) is 9.31 Å². The molecule has 2 fully saturated rings. The van der Waals surface area contributed by atoms with Gasteiger partial charge in [-0.15, -0.1) is 0 Å². The van der Waals surface area contributed by atoms with Crippen LogP contribution in [0.1, 0.15) is 53.5 Å². The Morgan fingerprint density at radius 1 is 1.15 bits per heavy atom. The summed E-state index contributed by atoms with van der Waals surface area (Å²) in [5.41, 5.74) is -0.144. The number of aliphatic hydroxyl groups is 1. The Hall–Kier alpha value is -1.70. The predicted molar refractivity (Wildman–Crippen MR) is 101 cm³/mol. The monoisotopic (exact) mass is 356 g/mol. The molecular formula is C19H25BN2O4. The second kappa shape index (κ2) is 5.41. The lowest BCUT2D eigenvalue weighted by Crippen LogP contribution is -2.45. The minimum atomic E-state index is -0.699. The van der Waals surface area contributed by atoms with E-state index < -0.39 is 23.9 Å². The molecule has 1 aliphatic heterocycles. The lowest BCUT2D eigenvalue weighted by Gasteiger charge is -2.41. The third-order valence-corrected chi connectivity index (χ3v) is 6.03. The second-order valence-electron chi connectivity index (χ2n) is 8.87. The first kappa shape index (κ1) is 17.7. The van der Waals surface area contributed by atoms with Crippen LogP contribution in [-0.2, 0) is 9.31 Å².